The fraction of sp³-hybridized carbons (Fsp3) is 0.423. The number of ether oxygens (including phenoxy) is 1. The van der Waals surface area contributed by atoms with Crippen molar-refractivity contribution >= 4 is 22.4 Å². The first kappa shape index (κ1) is 19.1. The third-order valence-electron chi connectivity index (χ3n) is 7.77. The molecule has 2 saturated heterocycles. The third-order valence-corrected chi connectivity index (χ3v) is 7.77. The van der Waals surface area contributed by atoms with E-state index in [9.17, 15) is 4.79 Å². The van der Waals surface area contributed by atoms with Gasteiger partial charge in [-0.3, -0.25) is 9.69 Å². The highest BCUT2D eigenvalue weighted by Crippen LogP contribution is 2.45. The maximum absolute atomic E-state index is 13.5. The molecule has 0 amide bonds. The minimum Gasteiger partial charge on any atom is -0.399 e. The summed E-state index contributed by atoms with van der Waals surface area (Å²) in [6.07, 6.45) is 2.33. The fourth-order valence-electron chi connectivity index (χ4n) is 5.75. The number of rotatable bonds is 2. The molecule has 3 aromatic rings. The zero-order chi connectivity index (χ0) is 21.3. The number of likely N-dealkylation sites (tertiary alicyclic amines) is 1. The molecule has 2 aliphatic heterocycles. The summed E-state index contributed by atoms with van der Waals surface area (Å²) in [5.74, 6) is 0.670. The quantitative estimate of drug-likeness (QED) is 0.616. The summed E-state index contributed by atoms with van der Waals surface area (Å²) in [7, 11) is 0. The first-order chi connectivity index (χ1) is 14.9. The Balaban J connectivity index is 1.36. The van der Waals surface area contributed by atoms with Gasteiger partial charge in [-0.2, -0.15) is 0 Å². The van der Waals surface area contributed by atoms with Gasteiger partial charge in [0, 0.05) is 33.3 Å². The number of nitrogens with two attached hydrogens (primary N) is 1. The van der Waals surface area contributed by atoms with Crippen molar-refractivity contribution in [3.63, 3.8) is 0 Å². The number of benzene rings is 2. The van der Waals surface area contributed by atoms with Gasteiger partial charge in [0.25, 0.3) is 0 Å². The Morgan fingerprint density at radius 1 is 1.10 bits per heavy atom. The fourth-order valence-corrected chi connectivity index (χ4v) is 5.75. The van der Waals surface area contributed by atoms with E-state index >= 15 is 0 Å². The van der Waals surface area contributed by atoms with Crippen LogP contribution >= 0.6 is 0 Å². The number of hydrogen-bond acceptors (Lipinski definition) is 4. The number of H-pyrrole nitrogens is 1. The number of nitrogen functional groups attached to an aromatic ring is 1. The number of carbonyl (C=O) groups excluding carboxylic acids is 1. The lowest BCUT2D eigenvalue weighted by molar-refractivity contribution is -0.0712. The Morgan fingerprint density at radius 2 is 1.87 bits per heavy atom. The molecule has 6 rings (SSSR count). The van der Waals surface area contributed by atoms with Crippen LogP contribution in [0.2, 0.25) is 0 Å². The van der Waals surface area contributed by atoms with Crippen LogP contribution in [0.4, 0.5) is 5.69 Å². The molecule has 3 aliphatic rings. The van der Waals surface area contributed by atoms with Crippen molar-refractivity contribution in [2.45, 2.75) is 44.1 Å². The highest BCUT2D eigenvalue weighted by molar-refractivity contribution is 6.20. The van der Waals surface area contributed by atoms with E-state index in [0.29, 0.717) is 17.6 Å². The van der Waals surface area contributed by atoms with Gasteiger partial charge in [-0.1, -0.05) is 38.1 Å². The van der Waals surface area contributed by atoms with Crippen molar-refractivity contribution in [1.29, 1.82) is 0 Å². The van der Waals surface area contributed by atoms with Crippen LogP contribution in [0.3, 0.4) is 0 Å². The van der Waals surface area contributed by atoms with E-state index in [1.54, 1.807) is 0 Å². The van der Waals surface area contributed by atoms with Gasteiger partial charge in [0.05, 0.1) is 24.8 Å². The van der Waals surface area contributed by atoms with Gasteiger partial charge >= 0.3 is 0 Å². The molecule has 1 aromatic heterocycles. The Bertz CT molecular complexity index is 1200. The van der Waals surface area contributed by atoms with Crippen LogP contribution < -0.4 is 5.73 Å². The average Bonchev–Trinajstić information content (AvgIpc) is 3.11. The molecule has 160 valence electrons. The standard InChI is InChI=1S/C26H29N3O2/c1-26(2)21-11-16(15-7-9-29(10-8-15)18-13-31-14-18)3-5-19(21)24(30)23-20-6-4-17(27)12-22(20)28-25(23)26/h3-6,11-12,15,18,28H,7-10,13-14,27H2,1-2H3. The van der Waals surface area contributed by atoms with Crippen LogP contribution in [0.15, 0.2) is 36.4 Å². The van der Waals surface area contributed by atoms with Gasteiger partial charge < -0.3 is 15.5 Å². The normalized spacial score (nSPS) is 21.7. The second-order valence-corrected chi connectivity index (χ2v) is 9.94. The predicted octanol–water partition coefficient (Wildman–Crippen LogP) is 4.20. The summed E-state index contributed by atoms with van der Waals surface area (Å²) in [5.41, 5.74) is 12.5. The molecule has 0 radical (unpaired) electrons. The van der Waals surface area contributed by atoms with Crippen molar-refractivity contribution in [1.82, 2.24) is 9.88 Å². The average molecular weight is 416 g/mol. The first-order valence-corrected chi connectivity index (χ1v) is 11.4. The maximum atomic E-state index is 13.5. The minimum atomic E-state index is -0.271. The van der Waals surface area contributed by atoms with Crippen molar-refractivity contribution in [3.8, 4) is 0 Å². The molecule has 5 nitrogen and oxygen atoms in total. The van der Waals surface area contributed by atoms with Crippen LogP contribution in [0.1, 0.15) is 65.3 Å². The van der Waals surface area contributed by atoms with E-state index in [2.05, 4.69) is 41.9 Å². The maximum Gasteiger partial charge on any atom is 0.195 e. The van der Waals surface area contributed by atoms with Gasteiger partial charge in [0.2, 0.25) is 0 Å². The van der Waals surface area contributed by atoms with Gasteiger partial charge in [-0.15, -0.1) is 0 Å². The number of nitrogens with one attached hydrogen (secondary N) is 1. The molecule has 0 spiro atoms. The Kier molecular flexibility index (Phi) is 4.11. The molecule has 0 bridgehead atoms. The first-order valence-electron chi connectivity index (χ1n) is 11.4. The Hall–Kier alpha value is -2.63. The molecule has 0 saturated carbocycles. The van der Waals surface area contributed by atoms with E-state index in [-0.39, 0.29) is 11.2 Å². The lowest BCUT2D eigenvalue weighted by Crippen LogP contribution is -2.51. The van der Waals surface area contributed by atoms with Crippen LogP contribution in [0.25, 0.3) is 10.9 Å². The SMILES string of the molecule is CC1(C)c2cc(C3CCN(C4COC4)CC3)ccc2C(=O)c2c1[nH]c1cc(N)ccc21. The topological polar surface area (TPSA) is 71.3 Å². The molecule has 1 aliphatic carbocycles. The molecular weight excluding hydrogens is 386 g/mol. The number of nitrogens with zero attached hydrogens (tertiary/aromatic N) is 1. The van der Waals surface area contributed by atoms with Crippen molar-refractivity contribution in [2.24, 2.45) is 0 Å². The van der Waals surface area contributed by atoms with E-state index in [1.165, 1.54) is 18.4 Å². The second kappa shape index (κ2) is 6.68. The molecule has 31 heavy (non-hydrogen) atoms. The van der Waals surface area contributed by atoms with E-state index in [4.69, 9.17) is 10.5 Å². The molecular formula is C26H29N3O2. The summed E-state index contributed by atoms with van der Waals surface area (Å²) in [6.45, 7) is 8.48. The van der Waals surface area contributed by atoms with Gasteiger partial charge in [0.15, 0.2) is 5.78 Å². The summed E-state index contributed by atoms with van der Waals surface area (Å²) in [6, 6.07) is 13.0. The third kappa shape index (κ3) is 2.80. The highest BCUT2D eigenvalue weighted by atomic mass is 16.5. The molecule has 2 aromatic carbocycles. The van der Waals surface area contributed by atoms with Crippen molar-refractivity contribution in [3.05, 3.63) is 64.3 Å². The van der Waals surface area contributed by atoms with Crippen LogP contribution in [0, 0.1) is 0 Å². The summed E-state index contributed by atoms with van der Waals surface area (Å²) >= 11 is 0. The molecule has 2 fully saturated rings. The molecule has 3 N–H and O–H groups in total. The summed E-state index contributed by atoms with van der Waals surface area (Å²) in [4.78, 5) is 19.6. The Labute approximate surface area is 182 Å². The summed E-state index contributed by atoms with van der Waals surface area (Å²) in [5, 5.41) is 0.962. The number of hydrogen-bond donors (Lipinski definition) is 2. The number of aromatic amines is 1. The highest BCUT2D eigenvalue weighted by Gasteiger charge is 2.40. The number of anilines is 1. The monoisotopic (exact) mass is 415 g/mol. The van der Waals surface area contributed by atoms with Gasteiger partial charge in [-0.25, -0.2) is 0 Å². The molecule has 0 atom stereocenters. The van der Waals surface area contributed by atoms with Crippen LogP contribution in [-0.2, 0) is 10.2 Å². The lowest BCUT2D eigenvalue weighted by atomic mass is 9.70. The summed E-state index contributed by atoms with van der Waals surface area (Å²) < 4.78 is 5.37. The number of piperidine rings is 1. The zero-order valence-electron chi connectivity index (χ0n) is 18.2. The molecule has 5 heteroatoms. The van der Waals surface area contributed by atoms with Crippen LogP contribution in [0.5, 0.6) is 0 Å². The smallest absolute Gasteiger partial charge is 0.195 e. The lowest BCUT2D eigenvalue weighted by Gasteiger charge is -2.41. The zero-order valence-corrected chi connectivity index (χ0v) is 18.2. The molecule has 0 unspecified atom stereocenters. The Morgan fingerprint density at radius 3 is 2.58 bits per heavy atom. The van der Waals surface area contributed by atoms with Crippen molar-refractivity contribution in [2.75, 3.05) is 32.0 Å². The van der Waals surface area contributed by atoms with Gasteiger partial charge in [0.1, 0.15) is 0 Å². The predicted molar refractivity (Wildman–Crippen MR) is 123 cm³/mol. The number of aromatic nitrogens is 1. The second-order valence-electron chi connectivity index (χ2n) is 9.94. The van der Waals surface area contributed by atoms with Crippen LogP contribution in [-0.4, -0.2) is 48.0 Å². The van der Waals surface area contributed by atoms with E-state index in [1.807, 2.05) is 18.2 Å². The van der Waals surface area contributed by atoms with Gasteiger partial charge in [-0.05, 0) is 55.1 Å². The minimum absolute atomic E-state index is 0.117. The van der Waals surface area contributed by atoms with E-state index in [0.717, 1.165) is 59.6 Å². The van der Waals surface area contributed by atoms with E-state index < -0.39 is 0 Å². The molecule has 3 heterocycles. The largest absolute Gasteiger partial charge is 0.399 e. The number of ketones is 1. The van der Waals surface area contributed by atoms with Crippen molar-refractivity contribution < 1.29 is 9.53 Å². The number of carbonyl (C=O) groups is 1. The number of fused-ring (bicyclic) bond motifs is 4.